The van der Waals surface area contributed by atoms with Gasteiger partial charge in [0.1, 0.15) is 5.75 Å². The van der Waals surface area contributed by atoms with E-state index in [1.165, 1.54) is 5.56 Å². The van der Waals surface area contributed by atoms with Gasteiger partial charge in [0.15, 0.2) is 5.78 Å². The number of benzene rings is 2. The number of ether oxygens (including phenoxy) is 1. The molecule has 0 N–H and O–H groups in total. The highest BCUT2D eigenvalue weighted by Crippen LogP contribution is 2.30. The molecule has 0 aliphatic rings. The third-order valence-electron chi connectivity index (χ3n) is 4.08. The average Bonchev–Trinajstić information content (AvgIpc) is 2.56. The van der Waals surface area contributed by atoms with Crippen LogP contribution in [0.4, 0.5) is 0 Å². The second kappa shape index (κ2) is 7.07. The Hall–Kier alpha value is -2.09. The lowest BCUT2D eigenvalue weighted by Gasteiger charge is -2.22. The topological polar surface area (TPSA) is 26.3 Å². The summed E-state index contributed by atoms with van der Waals surface area (Å²) in [4.78, 5) is 12.7. The zero-order valence-corrected chi connectivity index (χ0v) is 12.9. The van der Waals surface area contributed by atoms with Crippen molar-refractivity contribution in [2.24, 2.45) is 5.92 Å². The standard InChI is InChI=1S/C19H22O2/c1-4-18(19(20)16-8-6-5-7-9-16)14(2)15-10-12-17(21-3)13-11-15/h5-14,18H,4H2,1-3H3/t14-,18-/m1/s1. The van der Waals surface area contributed by atoms with Crippen LogP contribution in [0.5, 0.6) is 5.75 Å². The van der Waals surface area contributed by atoms with E-state index in [9.17, 15) is 4.79 Å². The first-order chi connectivity index (χ1) is 10.2. The number of carbonyl (C=O) groups is 1. The second-order valence-electron chi connectivity index (χ2n) is 5.31. The lowest BCUT2D eigenvalue weighted by Crippen LogP contribution is -2.20. The molecule has 2 nitrogen and oxygen atoms in total. The van der Waals surface area contributed by atoms with Crippen LogP contribution in [0.15, 0.2) is 54.6 Å². The Balaban J connectivity index is 2.21. The van der Waals surface area contributed by atoms with Gasteiger partial charge in [-0.05, 0) is 30.0 Å². The molecule has 2 rings (SSSR count). The van der Waals surface area contributed by atoms with Gasteiger partial charge in [-0.15, -0.1) is 0 Å². The van der Waals surface area contributed by atoms with Crippen molar-refractivity contribution in [2.45, 2.75) is 26.2 Å². The molecule has 2 heteroatoms. The summed E-state index contributed by atoms with van der Waals surface area (Å²) in [7, 11) is 1.66. The summed E-state index contributed by atoms with van der Waals surface area (Å²) in [5.74, 6) is 1.25. The fourth-order valence-electron chi connectivity index (χ4n) is 2.72. The molecule has 0 amide bonds. The Labute approximate surface area is 126 Å². The second-order valence-corrected chi connectivity index (χ2v) is 5.31. The first kappa shape index (κ1) is 15.3. The van der Waals surface area contributed by atoms with E-state index in [0.29, 0.717) is 0 Å². The van der Waals surface area contributed by atoms with Crippen LogP contribution in [-0.2, 0) is 0 Å². The minimum absolute atomic E-state index is 0.000736. The molecule has 0 saturated heterocycles. The van der Waals surface area contributed by atoms with Crippen molar-refractivity contribution >= 4 is 5.78 Å². The maximum atomic E-state index is 12.7. The van der Waals surface area contributed by atoms with Gasteiger partial charge in [0.25, 0.3) is 0 Å². The molecule has 0 fully saturated rings. The van der Waals surface area contributed by atoms with E-state index in [2.05, 4.69) is 13.8 Å². The van der Waals surface area contributed by atoms with Crippen LogP contribution >= 0.6 is 0 Å². The van der Waals surface area contributed by atoms with Crippen molar-refractivity contribution in [3.05, 3.63) is 65.7 Å². The normalized spacial score (nSPS) is 13.5. The predicted octanol–water partition coefficient (Wildman–Crippen LogP) is 4.71. The van der Waals surface area contributed by atoms with E-state index >= 15 is 0 Å². The molecule has 0 unspecified atom stereocenters. The van der Waals surface area contributed by atoms with Gasteiger partial charge >= 0.3 is 0 Å². The molecular formula is C19H22O2. The van der Waals surface area contributed by atoms with E-state index < -0.39 is 0 Å². The van der Waals surface area contributed by atoms with Gasteiger partial charge in [-0.2, -0.15) is 0 Å². The molecule has 0 saturated carbocycles. The summed E-state index contributed by atoms with van der Waals surface area (Å²) in [6.07, 6.45) is 0.834. The number of Topliss-reactive ketones (excluding diaryl/α,β-unsaturated/α-hetero) is 1. The van der Waals surface area contributed by atoms with Gasteiger partial charge in [0, 0.05) is 11.5 Å². The molecular weight excluding hydrogens is 260 g/mol. The Bertz CT molecular complexity index is 572. The maximum absolute atomic E-state index is 12.7. The van der Waals surface area contributed by atoms with Gasteiger partial charge < -0.3 is 4.74 Å². The zero-order chi connectivity index (χ0) is 15.2. The zero-order valence-electron chi connectivity index (χ0n) is 12.9. The summed E-state index contributed by atoms with van der Waals surface area (Å²) in [6.45, 7) is 4.20. The average molecular weight is 282 g/mol. The van der Waals surface area contributed by atoms with Gasteiger partial charge in [0.2, 0.25) is 0 Å². The first-order valence-electron chi connectivity index (χ1n) is 7.40. The molecule has 0 aromatic heterocycles. The fraction of sp³-hybridized carbons (Fsp3) is 0.316. The van der Waals surface area contributed by atoms with Crippen LogP contribution in [-0.4, -0.2) is 12.9 Å². The Morgan fingerprint density at radius 2 is 1.67 bits per heavy atom. The third-order valence-corrected chi connectivity index (χ3v) is 4.08. The summed E-state index contributed by atoms with van der Waals surface area (Å²) in [6, 6.07) is 17.5. The first-order valence-corrected chi connectivity index (χ1v) is 7.40. The molecule has 21 heavy (non-hydrogen) atoms. The van der Waals surface area contributed by atoms with E-state index in [0.717, 1.165) is 17.7 Å². The molecule has 2 aromatic carbocycles. The largest absolute Gasteiger partial charge is 0.497 e. The van der Waals surface area contributed by atoms with Gasteiger partial charge in [0.05, 0.1) is 7.11 Å². The van der Waals surface area contributed by atoms with Crippen LogP contribution in [0.1, 0.15) is 42.1 Å². The minimum atomic E-state index is 0.000736. The number of hydrogen-bond donors (Lipinski definition) is 0. The highest BCUT2D eigenvalue weighted by atomic mass is 16.5. The molecule has 110 valence electrons. The summed E-state index contributed by atoms with van der Waals surface area (Å²) in [5.41, 5.74) is 1.97. The van der Waals surface area contributed by atoms with Crippen LogP contribution in [0, 0.1) is 5.92 Å². The minimum Gasteiger partial charge on any atom is -0.497 e. The van der Waals surface area contributed by atoms with Gasteiger partial charge in [-0.25, -0.2) is 0 Å². The highest BCUT2D eigenvalue weighted by Gasteiger charge is 2.25. The lowest BCUT2D eigenvalue weighted by molar-refractivity contribution is 0.0900. The molecule has 0 aliphatic heterocycles. The van der Waals surface area contributed by atoms with Gasteiger partial charge in [-0.3, -0.25) is 4.79 Å². The smallest absolute Gasteiger partial charge is 0.166 e. The Kier molecular flexibility index (Phi) is 5.15. The van der Waals surface area contributed by atoms with Gasteiger partial charge in [-0.1, -0.05) is 56.3 Å². The number of carbonyl (C=O) groups excluding carboxylic acids is 1. The molecule has 2 aromatic rings. The summed E-state index contributed by atoms with van der Waals surface area (Å²) < 4.78 is 5.19. The number of hydrogen-bond acceptors (Lipinski definition) is 2. The molecule has 0 radical (unpaired) electrons. The lowest BCUT2D eigenvalue weighted by atomic mass is 9.81. The quantitative estimate of drug-likeness (QED) is 0.717. The van der Waals surface area contributed by atoms with E-state index in [4.69, 9.17) is 4.74 Å². The number of rotatable bonds is 6. The molecule has 0 spiro atoms. The third kappa shape index (κ3) is 3.52. The highest BCUT2D eigenvalue weighted by molar-refractivity contribution is 5.98. The summed E-state index contributed by atoms with van der Waals surface area (Å²) in [5, 5.41) is 0. The van der Waals surface area contributed by atoms with Crippen LogP contribution in [0.3, 0.4) is 0 Å². The van der Waals surface area contributed by atoms with Crippen molar-refractivity contribution in [3.8, 4) is 5.75 Å². The Morgan fingerprint density at radius 1 is 1.05 bits per heavy atom. The van der Waals surface area contributed by atoms with Crippen LogP contribution in [0.25, 0.3) is 0 Å². The maximum Gasteiger partial charge on any atom is 0.166 e. The van der Waals surface area contributed by atoms with Crippen molar-refractivity contribution in [1.82, 2.24) is 0 Å². The van der Waals surface area contributed by atoms with Crippen LogP contribution < -0.4 is 4.74 Å². The monoisotopic (exact) mass is 282 g/mol. The molecule has 0 aliphatic carbocycles. The van der Waals surface area contributed by atoms with E-state index in [-0.39, 0.29) is 17.6 Å². The van der Waals surface area contributed by atoms with E-state index in [1.807, 2.05) is 54.6 Å². The van der Waals surface area contributed by atoms with Crippen molar-refractivity contribution in [2.75, 3.05) is 7.11 Å². The van der Waals surface area contributed by atoms with E-state index in [1.54, 1.807) is 7.11 Å². The van der Waals surface area contributed by atoms with Crippen LogP contribution in [0.2, 0.25) is 0 Å². The SMILES string of the molecule is CC[C@@H](C(=O)c1ccccc1)[C@H](C)c1ccc(OC)cc1. The Morgan fingerprint density at radius 3 is 2.19 bits per heavy atom. The number of ketones is 1. The van der Waals surface area contributed by atoms with Crippen molar-refractivity contribution in [1.29, 1.82) is 0 Å². The molecule has 0 bridgehead atoms. The predicted molar refractivity (Wildman–Crippen MR) is 86.0 cm³/mol. The van der Waals surface area contributed by atoms with Crippen molar-refractivity contribution < 1.29 is 9.53 Å². The van der Waals surface area contributed by atoms with Crippen molar-refractivity contribution in [3.63, 3.8) is 0 Å². The molecule has 2 atom stereocenters. The molecule has 0 heterocycles. The fourth-order valence-corrected chi connectivity index (χ4v) is 2.72. The summed E-state index contributed by atoms with van der Waals surface area (Å²) >= 11 is 0. The number of methoxy groups -OCH3 is 1.